The predicted molar refractivity (Wildman–Crippen MR) is 80.9 cm³/mol. The summed E-state index contributed by atoms with van der Waals surface area (Å²) in [6.45, 7) is 3.98. The number of thioether (sulfide) groups is 1. The molecule has 1 aliphatic rings. The van der Waals surface area contributed by atoms with E-state index in [9.17, 15) is 0 Å². The van der Waals surface area contributed by atoms with Crippen molar-refractivity contribution in [3.05, 3.63) is 34.9 Å². The molecular formula is C14H21N3OS. The van der Waals surface area contributed by atoms with Gasteiger partial charge in [0.25, 0.3) is 0 Å². The fourth-order valence-electron chi connectivity index (χ4n) is 2.13. The molecule has 0 bridgehead atoms. The molecule has 1 aromatic rings. The lowest BCUT2D eigenvalue weighted by molar-refractivity contribution is 0.318. The van der Waals surface area contributed by atoms with Gasteiger partial charge in [-0.3, -0.25) is 0 Å². The summed E-state index contributed by atoms with van der Waals surface area (Å²) in [5.41, 5.74) is 8.75. The standard InChI is InChI=1S/C14H21N3OS/c1-10-7-11(13(15)17-18)3-4-12(10)8-16-9-14(19-2)5-6-14/h3-4,7,16,18H,5-6,8-9H2,1-2H3,(H2,15,17). The molecule has 1 aromatic carbocycles. The summed E-state index contributed by atoms with van der Waals surface area (Å²) in [7, 11) is 0. The quantitative estimate of drug-likeness (QED) is 0.323. The van der Waals surface area contributed by atoms with Crippen molar-refractivity contribution in [1.82, 2.24) is 5.32 Å². The number of rotatable bonds is 6. The first-order valence-corrected chi connectivity index (χ1v) is 7.66. The van der Waals surface area contributed by atoms with Crippen molar-refractivity contribution in [1.29, 1.82) is 0 Å². The maximum absolute atomic E-state index is 8.66. The van der Waals surface area contributed by atoms with Crippen molar-refractivity contribution in [3.63, 3.8) is 0 Å². The van der Waals surface area contributed by atoms with Crippen LogP contribution in [0.25, 0.3) is 0 Å². The molecule has 0 aliphatic heterocycles. The first-order valence-electron chi connectivity index (χ1n) is 6.43. The summed E-state index contributed by atoms with van der Waals surface area (Å²) in [6.07, 6.45) is 4.83. The highest BCUT2D eigenvalue weighted by Crippen LogP contribution is 2.46. The number of benzene rings is 1. The van der Waals surface area contributed by atoms with Crippen LogP contribution in [0.2, 0.25) is 0 Å². The van der Waals surface area contributed by atoms with Gasteiger partial charge in [-0.1, -0.05) is 17.3 Å². The largest absolute Gasteiger partial charge is 0.409 e. The Labute approximate surface area is 118 Å². The van der Waals surface area contributed by atoms with Gasteiger partial charge >= 0.3 is 0 Å². The third-order valence-corrected chi connectivity index (χ3v) is 5.17. The molecule has 0 unspecified atom stereocenters. The van der Waals surface area contributed by atoms with E-state index < -0.39 is 0 Å². The van der Waals surface area contributed by atoms with Crippen LogP contribution >= 0.6 is 11.8 Å². The van der Waals surface area contributed by atoms with Crippen molar-refractivity contribution < 1.29 is 5.21 Å². The zero-order valence-corrected chi connectivity index (χ0v) is 12.3. The van der Waals surface area contributed by atoms with E-state index in [2.05, 4.69) is 16.7 Å². The van der Waals surface area contributed by atoms with Crippen molar-refractivity contribution in [2.24, 2.45) is 10.9 Å². The fraction of sp³-hybridized carbons (Fsp3) is 0.500. The highest BCUT2D eigenvalue weighted by Gasteiger charge is 2.41. The number of nitrogens with one attached hydrogen (secondary N) is 1. The Morgan fingerprint density at radius 3 is 2.79 bits per heavy atom. The van der Waals surface area contributed by atoms with Crippen LogP contribution in [0.5, 0.6) is 0 Å². The highest BCUT2D eigenvalue weighted by molar-refractivity contribution is 8.00. The third-order valence-electron chi connectivity index (χ3n) is 3.75. The van der Waals surface area contributed by atoms with E-state index in [1.54, 1.807) is 0 Å². The zero-order chi connectivity index (χ0) is 13.9. The molecule has 2 rings (SSSR count). The van der Waals surface area contributed by atoms with Gasteiger partial charge in [-0.25, -0.2) is 0 Å². The lowest BCUT2D eigenvalue weighted by Gasteiger charge is -2.14. The Morgan fingerprint density at radius 2 is 2.26 bits per heavy atom. The molecule has 4 N–H and O–H groups in total. The third kappa shape index (κ3) is 3.42. The smallest absolute Gasteiger partial charge is 0.170 e. The van der Waals surface area contributed by atoms with Crippen LogP contribution in [0.3, 0.4) is 0 Å². The minimum Gasteiger partial charge on any atom is -0.409 e. The maximum atomic E-state index is 8.66. The molecule has 0 aromatic heterocycles. The molecule has 0 saturated heterocycles. The topological polar surface area (TPSA) is 70.6 Å². The fourth-order valence-corrected chi connectivity index (χ4v) is 2.89. The highest BCUT2D eigenvalue weighted by atomic mass is 32.2. The number of hydrogen-bond acceptors (Lipinski definition) is 4. The Bertz CT molecular complexity index is 484. The number of amidine groups is 1. The summed E-state index contributed by atoms with van der Waals surface area (Å²) in [5.74, 6) is 0.155. The molecule has 0 heterocycles. The van der Waals surface area contributed by atoms with Gasteiger partial charge in [0, 0.05) is 23.4 Å². The Hall–Kier alpha value is -1.20. The number of hydrogen-bond donors (Lipinski definition) is 3. The molecule has 19 heavy (non-hydrogen) atoms. The molecule has 0 atom stereocenters. The van der Waals surface area contributed by atoms with Crippen molar-refractivity contribution in [2.45, 2.75) is 31.1 Å². The lowest BCUT2D eigenvalue weighted by atomic mass is 10.0. The van der Waals surface area contributed by atoms with E-state index in [1.165, 1.54) is 18.4 Å². The van der Waals surface area contributed by atoms with Crippen molar-refractivity contribution >= 4 is 17.6 Å². The van der Waals surface area contributed by atoms with Gasteiger partial charge in [-0.15, -0.1) is 0 Å². The number of nitrogens with two attached hydrogens (primary N) is 1. The molecule has 4 nitrogen and oxygen atoms in total. The molecule has 5 heteroatoms. The van der Waals surface area contributed by atoms with Crippen LogP contribution in [-0.4, -0.2) is 28.6 Å². The average molecular weight is 279 g/mol. The van der Waals surface area contributed by atoms with Crippen molar-refractivity contribution in [3.8, 4) is 0 Å². The minimum atomic E-state index is 0.155. The van der Waals surface area contributed by atoms with Gasteiger partial charge in [-0.05, 0) is 43.2 Å². The molecule has 0 spiro atoms. The lowest BCUT2D eigenvalue weighted by Crippen LogP contribution is -2.25. The SMILES string of the molecule is CSC1(CNCc2ccc(/C(N)=N/O)cc2C)CC1. The van der Waals surface area contributed by atoms with E-state index in [-0.39, 0.29) is 5.84 Å². The molecule has 1 aliphatic carbocycles. The molecular weight excluding hydrogens is 258 g/mol. The Balaban J connectivity index is 1.94. The van der Waals surface area contributed by atoms with Crippen LogP contribution in [0.4, 0.5) is 0 Å². The first-order chi connectivity index (χ1) is 9.10. The average Bonchev–Trinajstić information content (AvgIpc) is 3.20. The van der Waals surface area contributed by atoms with E-state index in [0.29, 0.717) is 4.75 Å². The van der Waals surface area contributed by atoms with E-state index in [0.717, 1.165) is 24.2 Å². The number of aryl methyl sites for hydroxylation is 1. The van der Waals surface area contributed by atoms with Crippen LogP contribution in [0.1, 0.15) is 29.5 Å². The Kier molecular flexibility index (Phi) is 4.37. The summed E-state index contributed by atoms with van der Waals surface area (Å²) in [6, 6.07) is 5.88. The predicted octanol–water partition coefficient (Wildman–Crippen LogP) is 2.07. The normalized spacial score (nSPS) is 17.5. The second-order valence-corrected chi connectivity index (χ2v) is 6.39. The minimum absolute atomic E-state index is 0.155. The second kappa shape index (κ2) is 5.84. The summed E-state index contributed by atoms with van der Waals surface area (Å²) in [4.78, 5) is 0. The molecule has 1 saturated carbocycles. The van der Waals surface area contributed by atoms with Crippen molar-refractivity contribution in [2.75, 3.05) is 12.8 Å². The van der Waals surface area contributed by atoms with Crippen LogP contribution in [-0.2, 0) is 6.54 Å². The van der Waals surface area contributed by atoms with Gasteiger partial charge in [0.2, 0.25) is 0 Å². The van der Waals surface area contributed by atoms with Gasteiger partial charge in [0.1, 0.15) is 0 Å². The molecule has 0 radical (unpaired) electrons. The van der Waals surface area contributed by atoms with E-state index in [1.807, 2.05) is 36.9 Å². The van der Waals surface area contributed by atoms with E-state index in [4.69, 9.17) is 10.9 Å². The molecule has 0 amide bonds. The first kappa shape index (κ1) is 14.2. The second-order valence-electron chi connectivity index (χ2n) is 5.12. The van der Waals surface area contributed by atoms with Gasteiger partial charge in [0.15, 0.2) is 5.84 Å². The van der Waals surface area contributed by atoms with Crippen LogP contribution in [0.15, 0.2) is 23.4 Å². The summed E-state index contributed by atoms with van der Waals surface area (Å²) in [5, 5.41) is 15.2. The van der Waals surface area contributed by atoms with Gasteiger partial charge in [0.05, 0.1) is 0 Å². The van der Waals surface area contributed by atoms with Gasteiger partial charge < -0.3 is 16.3 Å². The molecule has 1 fully saturated rings. The monoisotopic (exact) mass is 279 g/mol. The number of oxime groups is 1. The summed E-state index contributed by atoms with van der Waals surface area (Å²) < 4.78 is 0.488. The van der Waals surface area contributed by atoms with Crippen LogP contribution < -0.4 is 11.1 Å². The molecule has 104 valence electrons. The zero-order valence-electron chi connectivity index (χ0n) is 11.4. The van der Waals surface area contributed by atoms with Crippen LogP contribution in [0, 0.1) is 6.92 Å². The summed E-state index contributed by atoms with van der Waals surface area (Å²) >= 11 is 1.96. The Morgan fingerprint density at radius 1 is 1.53 bits per heavy atom. The van der Waals surface area contributed by atoms with Gasteiger partial charge in [-0.2, -0.15) is 11.8 Å². The maximum Gasteiger partial charge on any atom is 0.170 e. The van der Waals surface area contributed by atoms with E-state index >= 15 is 0 Å². The number of nitrogens with zero attached hydrogens (tertiary/aromatic N) is 1.